The molecule has 0 aromatic rings. The largest absolute Gasteiger partial charge is 0.328 e. The van der Waals surface area contributed by atoms with E-state index in [2.05, 4.69) is 0 Å². The van der Waals surface area contributed by atoms with Crippen LogP contribution in [0.1, 0.15) is 25.7 Å². The minimum absolute atomic E-state index is 0.151. The Balaban J connectivity index is 2.46. The monoisotopic (exact) mass is 179 g/mol. The van der Waals surface area contributed by atoms with E-state index in [-0.39, 0.29) is 6.04 Å². The van der Waals surface area contributed by atoms with E-state index in [9.17, 15) is 4.57 Å². The van der Waals surface area contributed by atoms with Gasteiger partial charge < -0.3 is 15.5 Å². The van der Waals surface area contributed by atoms with E-state index in [0.717, 1.165) is 12.8 Å². The first kappa shape index (κ1) is 9.20. The fourth-order valence-electron chi connectivity index (χ4n) is 1.44. The average Bonchev–Trinajstić information content (AvgIpc) is 1.86. The third-order valence-corrected chi connectivity index (χ3v) is 3.68. The molecule has 0 aromatic carbocycles. The minimum Gasteiger partial charge on any atom is -0.328 e. The summed E-state index contributed by atoms with van der Waals surface area (Å²) in [5.41, 5.74) is 5.16. The number of hydrogen-bond acceptors (Lipinski definition) is 2. The average molecular weight is 179 g/mol. The molecule has 1 aliphatic carbocycles. The molecule has 1 fully saturated rings. The molecular weight excluding hydrogens is 165 g/mol. The van der Waals surface area contributed by atoms with Crippen LogP contribution in [0.5, 0.6) is 0 Å². The van der Waals surface area contributed by atoms with Crippen molar-refractivity contribution >= 4 is 7.60 Å². The Kier molecular flexibility index (Phi) is 2.70. The zero-order valence-electron chi connectivity index (χ0n) is 6.31. The molecule has 4 N–H and O–H groups in total. The zero-order chi connectivity index (χ0) is 8.48. The number of hydrogen-bond donors (Lipinski definition) is 3. The molecule has 0 spiro atoms. The summed E-state index contributed by atoms with van der Waals surface area (Å²) in [6.45, 7) is 0. The molecule has 0 radical (unpaired) electrons. The Labute approximate surface area is 65.9 Å². The van der Waals surface area contributed by atoms with Gasteiger partial charge in [0.05, 0.1) is 5.66 Å². The van der Waals surface area contributed by atoms with Crippen molar-refractivity contribution in [3.05, 3.63) is 0 Å². The molecule has 4 nitrogen and oxygen atoms in total. The molecule has 0 heterocycles. The number of nitrogens with two attached hydrogens (primary N) is 1. The fraction of sp³-hybridized carbons (Fsp3) is 1.00. The van der Waals surface area contributed by atoms with Gasteiger partial charge >= 0.3 is 7.60 Å². The van der Waals surface area contributed by atoms with Gasteiger partial charge in [-0.2, -0.15) is 0 Å². The highest BCUT2D eigenvalue weighted by Gasteiger charge is 2.31. The van der Waals surface area contributed by atoms with Gasteiger partial charge in [-0.3, -0.25) is 4.57 Å². The van der Waals surface area contributed by atoms with Crippen molar-refractivity contribution in [2.45, 2.75) is 37.4 Å². The van der Waals surface area contributed by atoms with Crippen LogP contribution < -0.4 is 5.73 Å². The van der Waals surface area contributed by atoms with Crippen LogP contribution in [0.15, 0.2) is 0 Å². The molecular formula is C6H14NO3P. The Bertz CT molecular complexity index is 171. The summed E-state index contributed by atoms with van der Waals surface area (Å²) < 4.78 is 10.7. The van der Waals surface area contributed by atoms with Gasteiger partial charge in [-0.1, -0.05) is 0 Å². The van der Waals surface area contributed by atoms with Crippen molar-refractivity contribution in [3.63, 3.8) is 0 Å². The lowest BCUT2D eigenvalue weighted by Gasteiger charge is -2.26. The van der Waals surface area contributed by atoms with Crippen molar-refractivity contribution in [2.75, 3.05) is 0 Å². The predicted octanol–water partition coefficient (Wildman–Crippen LogP) is 0.434. The lowest BCUT2D eigenvalue weighted by atomic mass is 9.96. The van der Waals surface area contributed by atoms with Gasteiger partial charge in [-0.25, -0.2) is 0 Å². The third kappa shape index (κ3) is 2.56. The van der Waals surface area contributed by atoms with Gasteiger partial charge in [0.1, 0.15) is 0 Å². The zero-order valence-corrected chi connectivity index (χ0v) is 7.20. The summed E-state index contributed by atoms with van der Waals surface area (Å²) in [6.07, 6.45) is 2.64. The van der Waals surface area contributed by atoms with E-state index in [1.54, 1.807) is 0 Å². The maximum Gasteiger partial charge on any atom is 0.328 e. The Morgan fingerprint density at radius 1 is 1.18 bits per heavy atom. The summed E-state index contributed by atoms with van der Waals surface area (Å²) >= 11 is 0. The first-order valence-corrected chi connectivity index (χ1v) is 5.49. The maximum absolute atomic E-state index is 10.7. The molecule has 0 bridgehead atoms. The molecule has 1 saturated carbocycles. The lowest BCUT2D eigenvalue weighted by molar-refractivity contribution is 0.328. The molecule has 1 aliphatic rings. The van der Waals surface area contributed by atoms with E-state index in [1.165, 1.54) is 0 Å². The SMILES string of the molecule is NC1CCC(P(=O)(O)O)CC1. The van der Waals surface area contributed by atoms with Crippen LogP contribution in [0.2, 0.25) is 0 Å². The summed E-state index contributed by atoms with van der Waals surface area (Å²) in [5, 5.41) is 0. The Hall–Kier alpha value is 0.110. The molecule has 0 aromatic heterocycles. The van der Waals surface area contributed by atoms with Crippen LogP contribution in [0.3, 0.4) is 0 Å². The third-order valence-electron chi connectivity index (χ3n) is 2.22. The molecule has 1 rings (SSSR count). The van der Waals surface area contributed by atoms with Crippen LogP contribution in [0, 0.1) is 0 Å². The lowest BCUT2D eigenvalue weighted by Crippen LogP contribution is -2.28. The van der Waals surface area contributed by atoms with Crippen LogP contribution in [0.4, 0.5) is 0 Å². The van der Waals surface area contributed by atoms with Crippen molar-refractivity contribution in [1.82, 2.24) is 0 Å². The molecule has 0 atom stereocenters. The first-order chi connectivity index (χ1) is 5.00. The first-order valence-electron chi connectivity index (χ1n) is 3.81. The van der Waals surface area contributed by atoms with Gasteiger partial charge in [-0.05, 0) is 25.7 Å². The molecule has 66 valence electrons. The molecule has 0 saturated heterocycles. The Morgan fingerprint density at radius 2 is 1.64 bits per heavy atom. The van der Waals surface area contributed by atoms with Crippen LogP contribution in [-0.2, 0) is 4.57 Å². The highest BCUT2D eigenvalue weighted by Crippen LogP contribution is 2.47. The van der Waals surface area contributed by atoms with Gasteiger partial charge in [-0.15, -0.1) is 0 Å². The summed E-state index contributed by atoms with van der Waals surface area (Å²) in [4.78, 5) is 17.6. The van der Waals surface area contributed by atoms with Crippen molar-refractivity contribution in [3.8, 4) is 0 Å². The van der Waals surface area contributed by atoms with Crippen molar-refractivity contribution in [2.24, 2.45) is 5.73 Å². The van der Waals surface area contributed by atoms with Crippen LogP contribution in [-0.4, -0.2) is 21.5 Å². The van der Waals surface area contributed by atoms with Crippen molar-refractivity contribution in [1.29, 1.82) is 0 Å². The quantitative estimate of drug-likeness (QED) is 0.510. The molecule has 5 heteroatoms. The van der Waals surface area contributed by atoms with E-state index in [4.69, 9.17) is 15.5 Å². The second-order valence-corrected chi connectivity index (χ2v) is 5.07. The van der Waals surface area contributed by atoms with Gasteiger partial charge in [0.25, 0.3) is 0 Å². The van der Waals surface area contributed by atoms with Crippen LogP contribution in [0.25, 0.3) is 0 Å². The van der Waals surface area contributed by atoms with E-state index in [1.807, 2.05) is 0 Å². The molecule has 0 unspecified atom stereocenters. The summed E-state index contributed by atoms with van der Waals surface area (Å²) in [7, 11) is -3.82. The van der Waals surface area contributed by atoms with Gasteiger partial charge in [0, 0.05) is 6.04 Å². The molecule has 0 amide bonds. The number of rotatable bonds is 1. The smallest absolute Gasteiger partial charge is 0.328 e. The Morgan fingerprint density at radius 3 is 2.00 bits per heavy atom. The van der Waals surface area contributed by atoms with Gasteiger partial charge in [0.2, 0.25) is 0 Å². The van der Waals surface area contributed by atoms with E-state index < -0.39 is 13.3 Å². The fourth-order valence-corrected chi connectivity index (χ4v) is 2.41. The predicted molar refractivity (Wildman–Crippen MR) is 42.3 cm³/mol. The van der Waals surface area contributed by atoms with Crippen LogP contribution >= 0.6 is 7.60 Å². The maximum atomic E-state index is 10.7. The summed E-state index contributed by atoms with van der Waals surface area (Å²) in [6, 6.07) is 0.151. The van der Waals surface area contributed by atoms with E-state index in [0.29, 0.717) is 12.8 Å². The van der Waals surface area contributed by atoms with Crippen molar-refractivity contribution < 1.29 is 14.4 Å². The highest BCUT2D eigenvalue weighted by molar-refractivity contribution is 7.52. The normalized spacial score (nSPS) is 33.7. The second-order valence-electron chi connectivity index (χ2n) is 3.16. The van der Waals surface area contributed by atoms with E-state index >= 15 is 0 Å². The molecule has 0 aliphatic heterocycles. The molecule has 11 heavy (non-hydrogen) atoms. The second kappa shape index (κ2) is 3.23. The van der Waals surface area contributed by atoms with Gasteiger partial charge in [0.15, 0.2) is 0 Å². The standard InChI is InChI=1S/C6H14NO3P/c7-5-1-3-6(4-2-5)11(8,9)10/h5-6H,1-4,7H2,(H2,8,9,10). The minimum atomic E-state index is -3.82. The highest BCUT2D eigenvalue weighted by atomic mass is 31.2. The topological polar surface area (TPSA) is 83.6 Å². The summed E-state index contributed by atoms with van der Waals surface area (Å²) in [5.74, 6) is 0.